The van der Waals surface area contributed by atoms with Crippen LogP contribution in [-0.2, 0) is 0 Å². The minimum atomic E-state index is 0.612. The second-order valence-corrected chi connectivity index (χ2v) is 4.92. The summed E-state index contributed by atoms with van der Waals surface area (Å²) in [7, 11) is 1.65. The van der Waals surface area contributed by atoms with Gasteiger partial charge in [-0.15, -0.1) is 0 Å². The van der Waals surface area contributed by atoms with Crippen molar-refractivity contribution in [3.63, 3.8) is 0 Å². The Balaban J connectivity index is 2.09. The minimum absolute atomic E-state index is 0.612. The maximum Gasteiger partial charge on any atom is 0.227 e. The van der Waals surface area contributed by atoms with Gasteiger partial charge in [0.1, 0.15) is 11.3 Å². The molecule has 108 valence electrons. The third-order valence-electron chi connectivity index (χ3n) is 3.37. The number of nitrogens with zero attached hydrogens (tertiary/aromatic N) is 1. The molecule has 4 nitrogen and oxygen atoms in total. The summed E-state index contributed by atoms with van der Waals surface area (Å²) in [5, 5.41) is 3.31. The molecule has 0 amide bonds. The highest BCUT2D eigenvalue weighted by Crippen LogP contribution is 2.30. The van der Waals surface area contributed by atoms with Crippen molar-refractivity contribution in [3.8, 4) is 17.2 Å². The van der Waals surface area contributed by atoms with Crippen LogP contribution in [0, 0.1) is 6.92 Å². The summed E-state index contributed by atoms with van der Waals surface area (Å²) in [5.74, 6) is 1.40. The monoisotopic (exact) mass is 282 g/mol. The predicted octanol–water partition coefficient (Wildman–Crippen LogP) is 4.24. The van der Waals surface area contributed by atoms with E-state index >= 15 is 0 Å². The third kappa shape index (κ3) is 2.57. The second-order valence-electron chi connectivity index (χ2n) is 4.92. The molecule has 0 bridgehead atoms. The van der Waals surface area contributed by atoms with Gasteiger partial charge in [-0.3, -0.25) is 0 Å². The fourth-order valence-electron chi connectivity index (χ4n) is 2.39. The largest absolute Gasteiger partial charge is 0.497 e. The Morgan fingerprint density at radius 3 is 2.86 bits per heavy atom. The molecule has 1 heterocycles. The lowest BCUT2D eigenvalue weighted by Gasteiger charge is -2.03. The Morgan fingerprint density at radius 2 is 2.10 bits per heavy atom. The summed E-state index contributed by atoms with van der Waals surface area (Å²) in [6, 6.07) is 11.8. The SMILES string of the molecule is CCNc1cc(C)c2oc(-c3cccc(OC)c3)nc2c1. The van der Waals surface area contributed by atoms with Gasteiger partial charge in [0.2, 0.25) is 5.89 Å². The fourth-order valence-corrected chi connectivity index (χ4v) is 2.39. The van der Waals surface area contributed by atoms with Gasteiger partial charge in [0.25, 0.3) is 0 Å². The minimum Gasteiger partial charge on any atom is -0.497 e. The summed E-state index contributed by atoms with van der Waals surface area (Å²) in [6.45, 7) is 4.99. The van der Waals surface area contributed by atoms with Crippen LogP contribution in [-0.4, -0.2) is 18.6 Å². The number of methoxy groups -OCH3 is 1. The normalized spacial score (nSPS) is 10.8. The number of benzene rings is 2. The summed E-state index contributed by atoms with van der Waals surface area (Å²) >= 11 is 0. The van der Waals surface area contributed by atoms with Gasteiger partial charge < -0.3 is 14.5 Å². The number of rotatable bonds is 4. The Bertz CT molecular complexity index is 778. The molecule has 2 aromatic carbocycles. The van der Waals surface area contributed by atoms with Crippen LogP contribution in [0.5, 0.6) is 5.75 Å². The van der Waals surface area contributed by atoms with Crippen molar-refractivity contribution >= 4 is 16.8 Å². The van der Waals surface area contributed by atoms with E-state index in [-0.39, 0.29) is 0 Å². The van der Waals surface area contributed by atoms with E-state index in [4.69, 9.17) is 9.15 Å². The van der Waals surface area contributed by atoms with Gasteiger partial charge in [0, 0.05) is 17.8 Å². The average molecular weight is 282 g/mol. The fraction of sp³-hybridized carbons (Fsp3) is 0.235. The Labute approximate surface area is 123 Å². The molecule has 1 aromatic heterocycles. The molecule has 0 aliphatic carbocycles. The van der Waals surface area contributed by atoms with Crippen molar-refractivity contribution in [3.05, 3.63) is 42.0 Å². The molecular weight excluding hydrogens is 264 g/mol. The highest BCUT2D eigenvalue weighted by molar-refractivity contribution is 5.83. The number of ether oxygens (including phenoxy) is 1. The Hall–Kier alpha value is -2.49. The topological polar surface area (TPSA) is 47.3 Å². The number of fused-ring (bicyclic) bond motifs is 1. The smallest absolute Gasteiger partial charge is 0.227 e. The van der Waals surface area contributed by atoms with Crippen LogP contribution in [0.1, 0.15) is 12.5 Å². The molecule has 3 rings (SSSR count). The van der Waals surface area contributed by atoms with E-state index in [1.54, 1.807) is 7.11 Å². The summed E-state index contributed by atoms with van der Waals surface area (Å²) < 4.78 is 11.2. The maximum atomic E-state index is 5.92. The number of aryl methyl sites for hydroxylation is 1. The number of hydrogen-bond acceptors (Lipinski definition) is 4. The van der Waals surface area contributed by atoms with Crippen LogP contribution in [0.25, 0.3) is 22.6 Å². The van der Waals surface area contributed by atoms with Crippen LogP contribution < -0.4 is 10.1 Å². The highest BCUT2D eigenvalue weighted by Gasteiger charge is 2.12. The molecule has 21 heavy (non-hydrogen) atoms. The molecule has 0 aliphatic heterocycles. The molecule has 4 heteroatoms. The average Bonchev–Trinajstić information content (AvgIpc) is 2.92. The molecule has 0 saturated carbocycles. The van der Waals surface area contributed by atoms with Gasteiger partial charge >= 0.3 is 0 Å². The molecule has 0 saturated heterocycles. The van der Waals surface area contributed by atoms with E-state index < -0.39 is 0 Å². The molecule has 0 unspecified atom stereocenters. The van der Waals surface area contributed by atoms with Crippen molar-refractivity contribution in [2.45, 2.75) is 13.8 Å². The lowest BCUT2D eigenvalue weighted by atomic mass is 10.2. The molecule has 0 fully saturated rings. The van der Waals surface area contributed by atoms with E-state index in [9.17, 15) is 0 Å². The molecule has 0 aliphatic rings. The highest BCUT2D eigenvalue weighted by atomic mass is 16.5. The third-order valence-corrected chi connectivity index (χ3v) is 3.37. The number of oxazole rings is 1. The summed E-state index contributed by atoms with van der Waals surface area (Å²) in [6.07, 6.45) is 0. The van der Waals surface area contributed by atoms with Gasteiger partial charge in [-0.05, 0) is 49.7 Å². The Kier molecular flexibility index (Phi) is 3.52. The number of aromatic nitrogens is 1. The van der Waals surface area contributed by atoms with E-state index in [1.165, 1.54) is 0 Å². The van der Waals surface area contributed by atoms with E-state index in [0.717, 1.165) is 40.2 Å². The van der Waals surface area contributed by atoms with Crippen molar-refractivity contribution in [1.29, 1.82) is 0 Å². The molecule has 0 atom stereocenters. The van der Waals surface area contributed by atoms with Crippen molar-refractivity contribution in [2.75, 3.05) is 19.0 Å². The zero-order valence-electron chi connectivity index (χ0n) is 12.4. The molecule has 1 N–H and O–H groups in total. The van der Waals surface area contributed by atoms with E-state index in [0.29, 0.717) is 5.89 Å². The Morgan fingerprint density at radius 1 is 1.24 bits per heavy atom. The summed E-state index contributed by atoms with van der Waals surface area (Å²) in [5.41, 5.74) is 4.74. The predicted molar refractivity (Wildman–Crippen MR) is 84.9 cm³/mol. The van der Waals surface area contributed by atoms with Gasteiger partial charge in [-0.1, -0.05) is 6.07 Å². The van der Waals surface area contributed by atoms with Crippen molar-refractivity contribution in [2.24, 2.45) is 0 Å². The van der Waals surface area contributed by atoms with Gasteiger partial charge in [0.15, 0.2) is 5.58 Å². The van der Waals surface area contributed by atoms with Crippen molar-refractivity contribution in [1.82, 2.24) is 4.98 Å². The number of nitrogens with one attached hydrogen (secondary N) is 1. The first-order chi connectivity index (χ1) is 10.2. The first-order valence-corrected chi connectivity index (χ1v) is 7.00. The summed E-state index contributed by atoms with van der Waals surface area (Å²) in [4.78, 5) is 4.60. The number of anilines is 1. The van der Waals surface area contributed by atoms with Crippen LogP contribution in [0.15, 0.2) is 40.8 Å². The van der Waals surface area contributed by atoms with Crippen LogP contribution in [0.2, 0.25) is 0 Å². The molecule has 3 aromatic rings. The van der Waals surface area contributed by atoms with Gasteiger partial charge in [-0.2, -0.15) is 0 Å². The molecule has 0 spiro atoms. The first-order valence-electron chi connectivity index (χ1n) is 7.00. The van der Waals surface area contributed by atoms with Crippen molar-refractivity contribution < 1.29 is 9.15 Å². The standard InChI is InChI=1S/C17H18N2O2/c1-4-18-13-8-11(2)16-15(10-13)19-17(21-16)12-6-5-7-14(9-12)20-3/h5-10,18H,4H2,1-3H3. The van der Waals surface area contributed by atoms with E-state index in [2.05, 4.69) is 23.3 Å². The first kappa shape index (κ1) is 13.5. The lowest BCUT2D eigenvalue weighted by molar-refractivity contribution is 0.415. The lowest BCUT2D eigenvalue weighted by Crippen LogP contribution is -1.96. The number of hydrogen-bond donors (Lipinski definition) is 1. The zero-order valence-corrected chi connectivity index (χ0v) is 12.4. The van der Waals surface area contributed by atoms with Crippen LogP contribution >= 0.6 is 0 Å². The zero-order chi connectivity index (χ0) is 14.8. The molecule has 0 radical (unpaired) electrons. The maximum absolute atomic E-state index is 5.92. The quantitative estimate of drug-likeness (QED) is 0.777. The second kappa shape index (κ2) is 5.48. The molecular formula is C17H18N2O2. The van der Waals surface area contributed by atoms with Crippen LogP contribution in [0.4, 0.5) is 5.69 Å². The van der Waals surface area contributed by atoms with Gasteiger partial charge in [-0.25, -0.2) is 4.98 Å². The van der Waals surface area contributed by atoms with E-state index in [1.807, 2.05) is 37.3 Å². The van der Waals surface area contributed by atoms with Gasteiger partial charge in [0.05, 0.1) is 7.11 Å². The van der Waals surface area contributed by atoms with Crippen LogP contribution in [0.3, 0.4) is 0 Å².